The molecule has 2 rings (SSSR count). The molecule has 1 saturated heterocycles. The molecule has 5 nitrogen and oxygen atoms in total. The van der Waals surface area contributed by atoms with Crippen LogP contribution in [0.1, 0.15) is 25.7 Å². The molecule has 1 saturated carbocycles. The Kier molecular flexibility index (Phi) is 6.01. The monoisotopic (exact) mass is 352 g/mol. The molecule has 0 spiro atoms. The predicted octanol–water partition coefficient (Wildman–Crippen LogP) is 0.554. The van der Waals surface area contributed by atoms with Crippen molar-refractivity contribution in [3.63, 3.8) is 0 Å². The molecule has 0 aromatic rings. The van der Waals surface area contributed by atoms with Gasteiger partial charge in [0.2, 0.25) is 5.91 Å². The molecule has 1 heterocycles. The van der Waals surface area contributed by atoms with E-state index in [-0.39, 0.29) is 29.9 Å². The van der Waals surface area contributed by atoms with Crippen LogP contribution in [0.5, 0.6) is 0 Å². The molecule has 0 bridgehead atoms. The summed E-state index contributed by atoms with van der Waals surface area (Å²) in [7, 11) is 1.76. The number of guanidine groups is 1. The molecule has 17 heavy (non-hydrogen) atoms. The van der Waals surface area contributed by atoms with Gasteiger partial charge in [0.25, 0.3) is 0 Å². The van der Waals surface area contributed by atoms with Crippen molar-refractivity contribution in [3.05, 3.63) is 0 Å². The Morgan fingerprint density at radius 1 is 1.35 bits per heavy atom. The minimum atomic E-state index is 0. The highest BCUT2D eigenvalue weighted by molar-refractivity contribution is 14.0. The lowest BCUT2D eigenvalue weighted by atomic mass is 10.4. The number of carbonyl (C=O) groups excluding carboxylic acids is 1. The summed E-state index contributed by atoms with van der Waals surface area (Å²) in [5.41, 5.74) is 0. The third-order valence-electron chi connectivity index (χ3n) is 2.97. The van der Waals surface area contributed by atoms with Crippen molar-refractivity contribution >= 4 is 35.8 Å². The summed E-state index contributed by atoms with van der Waals surface area (Å²) in [6.07, 6.45) is 4.70. The van der Waals surface area contributed by atoms with E-state index >= 15 is 0 Å². The van der Waals surface area contributed by atoms with Crippen LogP contribution >= 0.6 is 24.0 Å². The van der Waals surface area contributed by atoms with Gasteiger partial charge in [-0.1, -0.05) is 0 Å². The maximum atomic E-state index is 11.5. The summed E-state index contributed by atoms with van der Waals surface area (Å²) in [4.78, 5) is 17.9. The Hall–Kier alpha value is -0.530. The average Bonchev–Trinajstić information content (AvgIpc) is 2.92. The zero-order chi connectivity index (χ0) is 11.4. The first-order valence-corrected chi connectivity index (χ1v) is 6.04. The van der Waals surface area contributed by atoms with Crippen LogP contribution in [-0.2, 0) is 4.79 Å². The second kappa shape index (κ2) is 7.03. The smallest absolute Gasteiger partial charge is 0.239 e. The Labute approximate surface area is 119 Å². The number of nitrogens with one attached hydrogen (secondary N) is 2. The molecule has 2 aliphatic rings. The van der Waals surface area contributed by atoms with E-state index in [2.05, 4.69) is 20.5 Å². The molecular formula is C11H21IN4O. The van der Waals surface area contributed by atoms with E-state index in [1.165, 1.54) is 12.8 Å². The highest BCUT2D eigenvalue weighted by Gasteiger charge is 2.23. The number of amides is 1. The quantitative estimate of drug-likeness (QED) is 0.443. The standard InChI is InChI=1S/C11H20N4O.HI/c1-12-11(15-6-2-3-7-15)13-8-10(16)14-9-4-5-9;/h9H,2-8H2,1H3,(H,12,13)(H,14,16);1H. The van der Waals surface area contributed by atoms with Crippen molar-refractivity contribution in [1.82, 2.24) is 15.5 Å². The second-order valence-electron chi connectivity index (χ2n) is 4.44. The summed E-state index contributed by atoms with van der Waals surface area (Å²) in [5, 5.41) is 6.06. The van der Waals surface area contributed by atoms with Gasteiger partial charge in [-0.25, -0.2) is 0 Å². The molecule has 0 aromatic carbocycles. The Balaban J connectivity index is 0.00000144. The number of rotatable bonds is 3. The molecule has 6 heteroatoms. The fourth-order valence-electron chi connectivity index (χ4n) is 1.93. The number of hydrogen-bond donors (Lipinski definition) is 2. The number of hydrogen-bond acceptors (Lipinski definition) is 2. The van der Waals surface area contributed by atoms with Gasteiger partial charge in [0, 0.05) is 26.2 Å². The summed E-state index contributed by atoms with van der Waals surface area (Å²) in [6.45, 7) is 2.42. The van der Waals surface area contributed by atoms with E-state index in [9.17, 15) is 4.79 Å². The maximum absolute atomic E-state index is 11.5. The second-order valence-corrected chi connectivity index (χ2v) is 4.44. The SMILES string of the molecule is CN=C(NCC(=O)NC1CC1)N1CCCC1.I. The molecule has 1 amide bonds. The molecular weight excluding hydrogens is 331 g/mol. The van der Waals surface area contributed by atoms with Crippen LogP contribution in [-0.4, -0.2) is 49.5 Å². The molecule has 2 N–H and O–H groups in total. The highest BCUT2D eigenvalue weighted by atomic mass is 127. The van der Waals surface area contributed by atoms with Gasteiger partial charge in [-0.3, -0.25) is 9.79 Å². The van der Waals surface area contributed by atoms with E-state index < -0.39 is 0 Å². The first-order chi connectivity index (χ1) is 7.79. The van der Waals surface area contributed by atoms with Crippen LogP contribution < -0.4 is 10.6 Å². The van der Waals surface area contributed by atoms with E-state index in [0.29, 0.717) is 12.6 Å². The lowest BCUT2D eigenvalue weighted by Gasteiger charge is -2.20. The van der Waals surface area contributed by atoms with Gasteiger partial charge >= 0.3 is 0 Å². The summed E-state index contributed by atoms with van der Waals surface area (Å²) in [6, 6.07) is 0.433. The van der Waals surface area contributed by atoms with Crippen LogP contribution in [0.2, 0.25) is 0 Å². The Morgan fingerprint density at radius 2 is 2.00 bits per heavy atom. The van der Waals surface area contributed by atoms with Crippen molar-refractivity contribution in [2.75, 3.05) is 26.7 Å². The largest absolute Gasteiger partial charge is 0.352 e. The first kappa shape index (κ1) is 14.5. The van der Waals surface area contributed by atoms with E-state index in [0.717, 1.165) is 31.9 Å². The molecule has 0 unspecified atom stereocenters. The van der Waals surface area contributed by atoms with Crippen LogP contribution in [0, 0.1) is 0 Å². The summed E-state index contributed by atoms with van der Waals surface area (Å²) < 4.78 is 0. The van der Waals surface area contributed by atoms with Gasteiger partial charge in [0.1, 0.15) is 0 Å². The van der Waals surface area contributed by atoms with E-state index in [4.69, 9.17) is 0 Å². The molecule has 0 radical (unpaired) electrons. The Morgan fingerprint density at radius 3 is 2.53 bits per heavy atom. The van der Waals surface area contributed by atoms with E-state index in [1.54, 1.807) is 7.05 Å². The van der Waals surface area contributed by atoms with Crippen LogP contribution in [0.3, 0.4) is 0 Å². The minimum absolute atomic E-state index is 0. The van der Waals surface area contributed by atoms with Crippen molar-refractivity contribution in [1.29, 1.82) is 0 Å². The maximum Gasteiger partial charge on any atom is 0.239 e. The summed E-state index contributed by atoms with van der Waals surface area (Å²) in [5.74, 6) is 0.922. The van der Waals surface area contributed by atoms with Gasteiger partial charge in [0.05, 0.1) is 6.54 Å². The number of aliphatic imine (C=N–C) groups is 1. The lowest BCUT2D eigenvalue weighted by molar-refractivity contribution is -0.120. The van der Waals surface area contributed by atoms with Crippen LogP contribution in [0.15, 0.2) is 4.99 Å². The van der Waals surface area contributed by atoms with Crippen LogP contribution in [0.4, 0.5) is 0 Å². The average molecular weight is 352 g/mol. The molecule has 0 atom stereocenters. The summed E-state index contributed by atoms with van der Waals surface area (Å²) >= 11 is 0. The number of likely N-dealkylation sites (tertiary alicyclic amines) is 1. The van der Waals surface area contributed by atoms with Gasteiger partial charge in [-0.2, -0.15) is 0 Å². The highest BCUT2D eigenvalue weighted by Crippen LogP contribution is 2.18. The molecule has 1 aliphatic heterocycles. The van der Waals surface area contributed by atoms with Crippen molar-refractivity contribution < 1.29 is 4.79 Å². The van der Waals surface area contributed by atoms with Crippen molar-refractivity contribution in [2.24, 2.45) is 4.99 Å². The minimum Gasteiger partial charge on any atom is -0.352 e. The number of halogens is 1. The normalized spacial score (nSPS) is 19.8. The van der Waals surface area contributed by atoms with Gasteiger partial charge in [0.15, 0.2) is 5.96 Å². The zero-order valence-electron chi connectivity index (χ0n) is 10.2. The van der Waals surface area contributed by atoms with Crippen molar-refractivity contribution in [3.8, 4) is 0 Å². The first-order valence-electron chi connectivity index (χ1n) is 6.04. The lowest BCUT2D eigenvalue weighted by Crippen LogP contribution is -2.44. The fourth-order valence-corrected chi connectivity index (χ4v) is 1.93. The molecule has 1 aliphatic carbocycles. The van der Waals surface area contributed by atoms with Gasteiger partial charge in [-0.15, -0.1) is 24.0 Å². The topological polar surface area (TPSA) is 56.7 Å². The van der Waals surface area contributed by atoms with E-state index in [1.807, 2.05) is 0 Å². The zero-order valence-corrected chi connectivity index (χ0v) is 12.6. The predicted molar refractivity (Wildman–Crippen MR) is 78.7 cm³/mol. The Bertz CT molecular complexity index is 285. The fraction of sp³-hybridized carbons (Fsp3) is 0.818. The molecule has 2 fully saturated rings. The molecule has 98 valence electrons. The number of carbonyl (C=O) groups is 1. The van der Waals surface area contributed by atoms with Gasteiger partial charge < -0.3 is 15.5 Å². The van der Waals surface area contributed by atoms with Gasteiger partial charge in [-0.05, 0) is 25.7 Å². The third-order valence-corrected chi connectivity index (χ3v) is 2.97. The third kappa shape index (κ3) is 4.69. The molecule has 0 aromatic heterocycles. The van der Waals surface area contributed by atoms with Crippen LogP contribution in [0.25, 0.3) is 0 Å². The number of nitrogens with zero attached hydrogens (tertiary/aromatic N) is 2. The van der Waals surface area contributed by atoms with Crippen molar-refractivity contribution in [2.45, 2.75) is 31.7 Å².